The van der Waals surface area contributed by atoms with Crippen LogP contribution in [0.4, 0.5) is 9.59 Å². The molecule has 1 saturated heterocycles. The number of amides is 2. The third-order valence-corrected chi connectivity index (χ3v) is 9.11. The minimum Gasteiger partial charge on any atom is -0.444 e. The van der Waals surface area contributed by atoms with Crippen LogP contribution in [0, 0.1) is 21.3 Å². The molecular formula is C43H55N2O4Pd-. The molecule has 50 heavy (non-hydrogen) atoms. The molecule has 0 unspecified atom stereocenters. The molecule has 1 fully saturated rings. The third-order valence-electron chi connectivity index (χ3n) is 9.11. The molecule has 2 aliphatic heterocycles. The van der Waals surface area contributed by atoms with Crippen molar-refractivity contribution in [1.29, 1.82) is 0 Å². The van der Waals surface area contributed by atoms with Crippen LogP contribution >= 0.6 is 0 Å². The molecule has 4 aromatic carbocycles. The number of likely N-dealkylation sites (tertiary alicyclic amines) is 1. The standard InChI is InChI=1S/C21H27NO2.C21H25NO2.CH3.Pd/c2*1-15-7-5-10-19-17(15)8-6-9-18(19)16-11-13-22(14-12-16)20(23)24-21(2,3)4;;/h5-10,16H,11-14H2,1-4H3;5-11H,12-14H2,1-4H3;1H3;/q;;-1;. The van der Waals surface area contributed by atoms with Gasteiger partial charge in [0.15, 0.2) is 0 Å². The summed E-state index contributed by atoms with van der Waals surface area (Å²) in [6.45, 7) is 18.6. The topological polar surface area (TPSA) is 59.1 Å². The van der Waals surface area contributed by atoms with Crippen molar-refractivity contribution in [3.8, 4) is 0 Å². The molecule has 0 aromatic heterocycles. The Bertz CT molecular complexity index is 1810. The van der Waals surface area contributed by atoms with Gasteiger partial charge >= 0.3 is 12.2 Å². The second kappa shape index (κ2) is 17.0. The summed E-state index contributed by atoms with van der Waals surface area (Å²) in [5.41, 5.74) is 5.74. The molecule has 0 saturated carbocycles. The number of hydrogen-bond donors (Lipinski definition) is 0. The molecule has 2 heterocycles. The molecule has 0 aliphatic carbocycles. The Labute approximate surface area is 313 Å². The molecule has 0 N–H and O–H groups in total. The predicted molar refractivity (Wildman–Crippen MR) is 204 cm³/mol. The number of ether oxygens (including phenoxy) is 2. The van der Waals surface area contributed by atoms with Gasteiger partial charge in [-0.1, -0.05) is 78.9 Å². The average Bonchev–Trinajstić information content (AvgIpc) is 3.04. The van der Waals surface area contributed by atoms with Gasteiger partial charge in [-0.3, -0.25) is 0 Å². The van der Waals surface area contributed by atoms with Gasteiger partial charge in [0, 0.05) is 46.6 Å². The predicted octanol–water partition coefficient (Wildman–Crippen LogP) is 10.9. The molecule has 272 valence electrons. The van der Waals surface area contributed by atoms with Gasteiger partial charge in [0.1, 0.15) is 11.2 Å². The molecule has 2 aliphatic rings. The molecule has 4 aromatic rings. The van der Waals surface area contributed by atoms with Gasteiger partial charge in [-0.05, 0) is 130 Å². The largest absolute Gasteiger partial charge is 0.444 e. The van der Waals surface area contributed by atoms with Crippen molar-refractivity contribution in [1.82, 2.24) is 9.80 Å². The monoisotopic (exact) mass is 769 g/mol. The van der Waals surface area contributed by atoms with Crippen molar-refractivity contribution in [2.45, 2.75) is 91.8 Å². The second-order valence-electron chi connectivity index (χ2n) is 15.1. The first-order chi connectivity index (χ1) is 22.7. The molecule has 0 spiro atoms. The number of hydrogen-bond acceptors (Lipinski definition) is 4. The Morgan fingerprint density at radius 3 is 1.66 bits per heavy atom. The SMILES string of the molecule is Cc1cccc2c(C3=CCN(C(=O)OC(C)(C)C)CC3)cccc12.Cc1cccc2c(C3CCN(C(=O)OC(C)(C)C)CC3)cccc12.[CH3-].[Pd]. The maximum atomic E-state index is 12.2. The van der Waals surface area contributed by atoms with Crippen molar-refractivity contribution in [2.75, 3.05) is 26.2 Å². The molecule has 0 bridgehead atoms. The summed E-state index contributed by atoms with van der Waals surface area (Å²) < 4.78 is 11.0. The molecule has 2 amide bonds. The maximum Gasteiger partial charge on any atom is 0.410 e. The number of rotatable bonds is 2. The van der Waals surface area contributed by atoms with Crippen LogP contribution in [0.25, 0.3) is 27.1 Å². The van der Waals surface area contributed by atoms with Gasteiger partial charge in [-0.2, -0.15) is 0 Å². The first-order valence-corrected chi connectivity index (χ1v) is 17.3. The summed E-state index contributed by atoms with van der Waals surface area (Å²) in [6, 6.07) is 26.0. The van der Waals surface area contributed by atoms with Crippen LogP contribution in [0.15, 0.2) is 78.9 Å². The Morgan fingerprint density at radius 2 is 1.12 bits per heavy atom. The molecule has 0 atom stereocenters. The Balaban J connectivity index is 0.000000260. The smallest absolute Gasteiger partial charge is 0.410 e. The summed E-state index contributed by atoms with van der Waals surface area (Å²) in [5.74, 6) is 0.509. The number of aryl methyl sites for hydroxylation is 2. The van der Waals surface area contributed by atoms with Crippen LogP contribution in [0.2, 0.25) is 0 Å². The third kappa shape index (κ3) is 10.2. The van der Waals surface area contributed by atoms with Crippen LogP contribution in [0.3, 0.4) is 0 Å². The second-order valence-corrected chi connectivity index (χ2v) is 15.1. The fraction of sp³-hybridized carbons (Fsp3) is 0.419. The number of carbonyl (C=O) groups excluding carboxylic acids is 2. The Kier molecular flexibility index (Phi) is 13.9. The summed E-state index contributed by atoms with van der Waals surface area (Å²) in [6.07, 6.45) is 4.58. The van der Waals surface area contributed by atoms with E-state index in [0.717, 1.165) is 32.4 Å². The van der Waals surface area contributed by atoms with Crippen LogP contribution < -0.4 is 0 Å². The van der Waals surface area contributed by atoms with Crippen LogP contribution in [-0.4, -0.2) is 59.4 Å². The number of nitrogens with zero attached hydrogens (tertiary/aromatic N) is 2. The zero-order valence-electron chi connectivity index (χ0n) is 31.4. The van der Waals surface area contributed by atoms with Gasteiger partial charge in [0.25, 0.3) is 0 Å². The summed E-state index contributed by atoms with van der Waals surface area (Å²) in [7, 11) is 0. The summed E-state index contributed by atoms with van der Waals surface area (Å²) >= 11 is 0. The molecule has 6 nitrogen and oxygen atoms in total. The minimum absolute atomic E-state index is 0. The fourth-order valence-electron chi connectivity index (χ4n) is 6.70. The van der Waals surface area contributed by atoms with E-state index in [4.69, 9.17) is 9.47 Å². The zero-order valence-corrected chi connectivity index (χ0v) is 32.9. The van der Waals surface area contributed by atoms with Crippen molar-refractivity contribution in [3.63, 3.8) is 0 Å². The minimum atomic E-state index is -0.450. The summed E-state index contributed by atoms with van der Waals surface area (Å²) in [4.78, 5) is 28.0. The summed E-state index contributed by atoms with van der Waals surface area (Å²) in [5, 5.41) is 5.28. The van der Waals surface area contributed by atoms with E-state index >= 15 is 0 Å². The quantitative estimate of drug-likeness (QED) is 0.150. The Morgan fingerprint density at radius 1 is 0.640 bits per heavy atom. The average molecular weight is 770 g/mol. The van der Waals surface area contributed by atoms with E-state index in [1.54, 1.807) is 4.90 Å². The number of carbonyl (C=O) groups is 2. The molecule has 7 heteroatoms. The van der Waals surface area contributed by atoms with E-state index in [1.807, 2.05) is 46.4 Å². The first kappa shape index (κ1) is 40.8. The van der Waals surface area contributed by atoms with Crippen molar-refractivity contribution in [2.24, 2.45) is 0 Å². The molecular weight excluding hydrogens is 715 g/mol. The van der Waals surface area contributed by atoms with E-state index in [2.05, 4.69) is 92.7 Å². The number of benzene rings is 4. The zero-order chi connectivity index (χ0) is 34.6. The van der Waals surface area contributed by atoms with Gasteiger partial charge in [-0.15, -0.1) is 0 Å². The van der Waals surface area contributed by atoms with E-state index in [1.165, 1.54) is 49.4 Å². The normalized spacial score (nSPS) is 15.2. The maximum absolute atomic E-state index is 12.2. The van der Waals surface area contributed by atoms with Crippen molar-refractivity contribution >= 4 is 39.3 Å². The number of fused-ring (bicyclic) bond motifs is 2. The van der Waals surface area contributed by atoms with Crippen LogP contribution in [0.5, 0.6) is 0 Å². The van der Waals surface area contributed by atoms with E-state index in [0.29, 0.717) is 19.0 Å². The van der Waals surface area contributed by atoms with E-state index < -0.39 is 11.2 Å². The van der Waals surface area contributed by atoms with E-state index in [9.17, 15) is 9.59 Å². The van der Waals surface area contributed by atoms with Crippen molar-refractivity contribution in [3.05, 3.63) is 109 Å². The number of piperidine rings is 1. The van der Waals surface area contributed by atoms with Gasteiger partial charge in [0.05, 0.1) is 0 Å². The first-order valence-electron chi connectivity index (χ1n) is 17.3. The molecule has 0 radical (unpaired) electrons. The van der Waals surface area contributed by atoms with Crippen LogP contribution in [-0.2, 0) is 29.9 Å². The Hall–Kier alpha value is -3.66. The van der Waals surface area contributed by atoms with Gasteiger partial charge < -0.3 is 26.7 Å². The van der Waals surface area contributed by atoms with Crippen LogP contribution in [0.1, 0.15) is 89.0 Å². The van der Waals surface area contributed by atoms with Gasteiger partial charge in [0.2, 0.25) is 0 Å². The fourth-order valence-corrected chi connectivity index (χ4v) is 6.70. The van der Waals surface area contributed by atoms with E-state index in [-0.39, 0.29) is 40.0 Å². The van der Waals surface area contributed by atoms with Gasteiger partial charge in [-0.25, -0.2) is 9.59 Å². The molecule has 6 rings (SSSR count). The van der Waals surface area contributed by atoms with Crippen molar-refractivity contribution < 1.29 is 39.5 Å².